The van der Waals surface area contributed by atoms with Crippen LogP contribution < -0.4 is 5.73 Å². The molecule has 0 saturated heterocycles. The quantitative estimate of drug-likeness (QED) is 0.779. The summed E-state index contributed by atoms with van der Waals surface area (Å²) in [5.74, 6) is 0.182. The normalized spacial score (nSPS) is 10.6. The van der Waals surface area contributed by atoms with E-state index in [4.69, 9.17) is 5.73 Å². The highest BCUT2D eigenvalue weighted by Gasteiger charge is 2.12. The van der Waals surface area contributed by atoms with Crippen LogP contribution in [0.3, 0.4) is 0 Å². The second kappa shape index (κ2) is 5.32. The molecule has 0 radical (unpaired) electrons. The Morgan fingerprint density at radius 2 is 1.14 bits per heavy atom. The Morgan fingerprint density at radius 1 is 0.667 bits per heavy atom. The van der Waals surface area contributed by atoms with E-state index in [1.807, 2.05) is 48.5 Å². The van der Waals surface area contributed by atoms with E-state index >= 15 is 0 Å². The van der Waals surface area contributed by atoms with Gasteiger partial charge >= 0.3 is 0 Å². The molecule has 0 amide bonds. The van der Waals surface area contributed by atoms with E-state index in [2.05, 4.69) is 29.0 Å². The van der Waals surface area contributed by atoms with Gasteiger partial charge in [0.25, 0.3) is 0 Å². The maximum absolute atomic E-state index is 5.71. The number of aryl methyl sites for hydroxylation is 2. The maximum Gasteiger partial charge on any atom is 0.240 e. The molecule has 0 atom stereocenters. The van der Waals surface area contributed by atoms with Gasteiger partial charge in [-0.3, -0.25) is 0 Å². The van der Waals surface area contributed by atoms with E-state index in [1.165, 1.54) is 11.1 Å². The highest BCUT2D eigenvalue weighted by molar-refractivity contribution is 5.78. The van der Waals surface area contributed by atoms with E-state index in [0.29, 0.717) is 0 Å². The summed E-state index contributed by atoms with van der Waals surface area (Å²) in [6.45, 7) is 4.11. The molecule has 2 N–H and O–H groups in total. The monoisotopic (exact) mass is 276 g/mol. The van der Waals surface area contributed by atoms with Crippen molar-refractivity contribution in [3.8, 4) is 22.5 Å². The lowest BCUT2D eigenvalue weighted by atomic mass is 10.0. The molecule has 0 aliphatic heterocycles. The lowest BCUT2D eigenvalue weighted by Gasteiger charge is -2.08. The summed E-state index contributed by atoms with van der Waals surface area (Å²) in [6, 6.07) is 16.3. The van der Waals surface area contributed by atoms with Crippen molar-refractivity contribution in [1.82, 2.24) is 15.2 Å². The summed E-state index contributed by atoms with van der Waals surface area (Å²) < 4.78 is 0. The Labute approximate surface area is 123 Å². The molecule has 104 valence electrons. The van der Waals surface area contributed by atoms with Gasteiger partial charge in [-0.15, -0.1) is 10.2 Å². The minimum Gasteiger partial charge on any atom is -0.366 e. The topological polar surface area (TPSA) is 64.7 Å². The van der Waals surface area contributed by atoms with Gasteiger partial charge in [-0.1, -0.05) is 59.7 Å². The predicted octanol–water partition coefficient (Wildman–Crippen LogP) is 3.40. The number of aromatic nitrogens is 3. The van der Waals surface area contributed by atoms with Gasteiger partial charge in [-0.05, 0) is 13.8 Å². The first kappa shape index (κ1) is 13.2. The van der Waals surface area contributed by atoms with Crippen molar-refractivity contribution in [2.75, 3.05) is 5.73 Å². The first-order valence-electron chi connectivity index (χ1n) is 6.78. The number of nitrogens with two attached hydrogens (primary N) is 1. The number of hydrogen-bond donors (Lipinski definition) is 1. The van der Waals surface area contributed by atoms with Gasteiger partial charge in [0.15, 0.2) is 0 Å². The fourth-order valence-electron chi connectivity index (χ4n) is 2.16. The molecule has 0 aliphatic rings. The predicted molar refractivity (Wildman–Crippen MR) is 84.6 cm³/mol. The van der Waals surface area contributed by atoms with E-state index in [9.17, 15) is 0 Å². The van der Waals surface area contributed by atoms with Gasteiger partial charge in [-0.25, -0.2) is 4.98 Å². The molecular weight excluding hydrogens is 260 g/mol. The van der Waals surface area contributed by atoms with E-state index in [0.717, 1.165) is 22.5 Å². The van der Waals surface area contributed by atoms with Crippen LogP contribution in [-0.4, -0.2) is 15.2 Å². The summed E-state index contributed by atoms with van der Waals surface area (Å²) >= 11 is 0. The standard InChI is InChI=1S/C17H16N4/c1-11-3-7-13(8-4-11)15-16(20-21-17(18)19-15)14-9-5-12(2)6-10-14/h3-10H,1-2H3,(H2,18,19,21). The zero-order chi connectivity index (χ0) is 14.8. The molecule has 0 saturated carbocycles. The van der Waals surface area contributed by atoms with Gasteiger partial charge in [0.05, 0.1) is 0 Å². The minimum atomic E-state index is 0.182. The van der Waals surface area contributed by atoms with Gasteiger partial charge in [-0.2, -0.15) is 0 Å². The lowest BCUT2D eigenvalue weighted by molar-refractivity contribution is 0.997. The average Bonchev–Trinajstić information content (AvgIpc) is 2.49. The molecule has 0 aliphatic carbocycles. The Balaban J connectivity index is 2.17. The van der Waals surface area contributed by atoms with Crippen LogP contribution in [0.25, 0.3) is 22.5 Å². The molecule has 0 unspecified atom stereocenters. The molecule has 2 aromatic carbocycles. The second-order valence-electron chi connectivity index (χ2n) is 5.10. The SMILES string of the molecule is Cc1ccc(-c2nnc(N)nc2-c2ccc(C)cc2)cc1. The largest absolute Gasteiger partial charge is 0.366 e. The smallest absolute Gasteiger partial charge is 0.240 e. The molecule has 0 fully saturated rings. The molecule has 1 heterocycles. The molecule has 3 rings (SSSR count). The van der Waals surface area contributed by atoms with Crippen molar-refractivity contribution in [2.45, 2.75) is 13.8 Å². The third kappa shape index (κ3) is 2.74. The van der Waals surface area contributed by atoms with Crippen molar-refractivity contribution >= 4 is 5.95 Å². The van der Waals surface area contributed by atoms with Crippen LogP contribution >= 0.6 is 0 Å². The van der Waals surface area contributed by atoms with Crippen LogP contribution in [0.1, 0.15) is 11.1 Å². The van der Waals surface area contributed by atoms with Crippen molar-refractivity contribution in [3.63, 3.8) is 0 Å². The van der Waals surface area contributed by atoms with E-state index < -0.39 is 0 Å². The second-order valence-corrected chi connectivity index (χ2v) is 5.10. The first-order chi connectivity index (χ1) is 10.1. The van der Waals surface area contributed by atoms with Crippen molar-refractivity contribution in [2.24, 2.45) is 0 Å². The highest BCUT2D eigenvalue weighted by atomic mass is 15.2. The molecule has 0 spiro atoms. The molecule has 1 aromatic heterocycles. The Bertz CT molecular complexity index is 762. The number of nitrogens with zero attached hydrogens (tertiary/aromatic N) is 3. The summed E-state index contributed by atoms with van der Waals surface area (Å²) in [7, 11) is 0. The fourth-order valence-corrected chi connectivity index (χ4v) is 2.16. The average molecular weight is 276 g/mol. The molecule has 4 heteroatoms. The lowest BCUT2D eigenvalue weighted by Crippen LogP contribution is -2.02. The first-order valence-corrected chi connectivity index (χ1v) is 6.78. The molecule has 3 aromatic rings. The molecule has 0 bridgehead atoms. The summed E-state index contributed by atoms with van der Waals surface area (Å²) in [5.41, 5.74) is 11.6. The molecular formula is C17H16N4. The Hall–Kier alpha value is -2.75. The number of nitrogen functional groups attached to an aromatic ring is 1. The van der Waals surface area contributed by atoms with Gasteiger partial charge in [0, 0.05) is 11.1 Å². The third-order valence-electron chi connectivity index (χ3n) is 3.35. The van der Waals surface area contributed by atoms with Crippen LogP contribution in [0.5, 0.6) is 0 Å². The van der Waals surface area contributed by atoms with Crippen LogP contribution in [0.2, 0.25) is 0 Å². The fraction of sp³-hybridized carbons (Fsp3) is 0.118. The van der Waals surface area contributed by atoms with Crippen LogP contribution in [0, 0.1) is 13.8 Å². The van der Waals surface area contributed by atoms with Gasteiger partial charge in [0.2, 0.25) is 5.95 Å². The molecule has 21 heavy (non-hydrogen) atoms. The van der Waals surface area contributed by atoms with Gasteiger partial charge < -0.3 is 5.73 Å². The highest BCUT2D eigenvalue weighted by Crippen LogP contribution is 2.28. The Kier molecular flexibility index (Phi) is 3.36. The number of benzene rings is 2. The van der Waals surface area contributed by atoms with Gasteiger partial charge in [0.1, 0.15) is 11.4 Å². The summed E-state index contributed by atoms with van der Waals surface area (Å²) in [6.07, 6.45) is 0. The number of rotatable bonds is 2. The zero-order valence-electron chi connectivity index (χ0n) is 12.0. The number of anilines is 1. The summed E-state index contributed by atoms with van der Waals surface area (Å²) in [5, 5.41) is 8.14. The zero-order valence-corrected chi connectivity index (χ0v) is 12.0. The molecule has 4 nitrogen and oxygen atoms in total. The summed E-state index contributed by atoms with van der Waals surface area (Å²) in [4.78, 5) is 4.38. The van der Waals surface area contributed by atoms with Crippen molar-refractivity contribution < 1.29 is 0 Å². The van der Waals surface area contributed by atoms with Crippen LogP contribution in [0.4, 0.5) is 5.95 Å². The van der Waals surface area contributed by atoms with E-state index in [1.54, 1.807) is 0 Å². The van der Waals surface area contributed by atoms with Crippen molar-refractivity contribution in [3.05, 3.63) is 59.7 Å². The third-order valence-corrected chi connectivity index (χ3v) is 3.35. The maximum atomic E-state index is 5.71. The number of hydrogen-bond acceptors (Lipinski definition) is 4. The Morgan fingerprint density at radius 3 is 1.67 bits per heavy atom. The van der Waals surface area contributed by atoms with Crippen molar-refractivity contribution in [1.29, 1.82) is 0 Å². The minimum absolute atomic E-state index is 0.182. The van der Waals surface area contributed by atoms with Crippen LogP contribution in [-0.2, 0) is 0 Å². The van der Waals surface area contributed by atoms with Crippen LogP contribution in [0.15, 0.2) is 48.5 Å². The van der Waals surface area contributed by atoms with E-state index in [-0.39, 0.29) is 5.95 Å².